The van der Waals surface area contributed by atoms with Crippen LogP contribution in [0.5, 0.6) is 0 Å². The van der Waals surface area contributed by atoms with Crippen molar-refractivity contribution in [2.45, 2.75) is 25.8 Å². The molecule has 20 heavy (non-hydrogen) atoms. The number of nitrogens with one attached hydrogen (secondary N) is 2. The van der Waals surface area contributed by atoms with Crippen LogP contribution in [0.15, 0.2) is 0 Å². The molecule has 0 aromatic rings. The average molecular weight is 283 g/mol. The summed E-state index contributed by atoms with van der Waals surface area (Å²) < 4.78 is 4.98. The van der Waals surface area contributed by atoms with Gasteiger partial charge in [0.2, 0.25) is 11.8 Å². The number of carbonyl (C=O) groups is 2. The first kappa shape index (κ1) is 15.3. The van der Waals surface area contributed by atoms with Gasteiger partial charge in [-0.25, -0.2) is 0 Å². The van der Waals surface area contributed by atoms with E-state index < -0.39 is 0 Å². The van der Waals surface area contributed by atoms with Gasteiger partial charge in [0.25, 0.3) is 0 Å². The summed E-state index contributed by atoms with van der Waals surface area (Å²) in [5, 5.41) is 6.39. The van der Waals surface area contributed by atoms with Crippen LogP contribution in [0.4, 0.5) is 0 Å². The van der Waals surface area contributed by atoms with Gasteiger partial charge >= 0.3 is 0 Å². The van der Waals surface area contributed by atoms with Gasteiger partial charge in [0.1, 0.15) is 0 Å². The summed E-state index contributed by atoms with van der Waals surface area (Å²) in [6.07, 6.45) is 1.40. The highest BCUT2D eigenvalue weighted by Crippen LogP contribution is 2.19. The average Bonchev–Trinajstić information content (AvgIpc) is 2.80. The number of hydrogen-bond acceptors (Lipinski definition) is 4. The highest BCUT2D eigenvalue weighted by Gasteiger charge is 2.35. The number of hydrogen-bond donors (Lipinski definition) is 2. The molecular weight excluding hydrogens is 258 g/mol. The first-order chi connectivity index (χ1) is 9.61. The maximum Gasteiger partial charge on any atom is 0.225 e. The fraction of sp³-hybridized carbons (Fsp3) is 0.857. The molecule has 0 aromatic carbocycles. The molecule has 2 saturated heterocycles. The zero-order chi connectivity index (χ0) is 14.5. The molecule has 0 aromatic heterocycles. The Bertz CT molecular complexity index is 362. The van der Waals surface area contributed by atoms with Gasteiger partial charge in [-0.15, -0.1) is 0 Å². The van der Waals surface area contributed by atoms with Crippen molar-refractivity contribution in [2.24, 2.45) is 11.8 Å². The first-order valence-electron chi connectivity index (χ1n) is 7.39. The number of rotatable bonds is 5. The minimum atomic E-state index is -0.214. The normalized spacial score (nSPS) is 30.6. The molecule has 3 atom stereocenters. The Morgan fingerprint density at radius 3 is 3.05 bits per heavy atom. The van der Waals surface area contributed by atoms with Gasteiger partial charge in [0.15, 0.2) is 0 Å². The quantitative estimate of drug-likeness (QED) is 0.720. The molecule has 2 fully saturated rings. The summed E-state index contributed by atoms with van der Waals surface area (Å²) in [4.78, 5) is 25.8. The molecular formula is C14H25N3O3. The minimum absolute atomic E-state index is 0.0128. The van der Waals surface area contributed by atoms with E-state index in [1.165, 1.54) is 0 Å². The molecule has 6 nitrogen and oxygen atoms in total. The molecule has 0 spiro atoms. The van der Waals surface area contributed by atoms with Crippen molar-refractivity contribution in [3.05, 3.63) is 0 Å². The van der Waals surface area contributed by atoms with Crippen molar-refractivity contribution in [1.82, 2.24) is 15.5 Å². The maximum absolute atomic E-state index is 12.3. The monoisotopic (exact) mass is 283 g/mol. The summed E-state index contributed by atoms with van der Waals surface area (Å²) in [5.41, 5.74) is 0. The van der Waals surface area contributed by atoms with E-state index in [9.17, 15) is 9.59 Å². The van der Waals surface area contributed by atoms with E-state index in [0.717, 1.165) is 19.5 Å². The molecule has 0 saturated carbocycles. The summed E-state index contributed by atoms with van der Waals surface area (Å²) in [7, 11) is 1.61. The number of carbonyl (C=O) groups excluding carboxylic acids is 2. The summed E-state index contributed by atoms with van der Waals surface area (Å²) in [6.45, 7) is 5.60. The molecule has 2 aliphatic heterocycles. The van der Waals surface area contributed by atoms with Crippen LogP contribution < -0.4 is 10.6 Å². The highest BCUT2D eigenvalue weighted by atomic mass is 16.5. The largest absolute Gasteiger partial charge is 0.383 e. The third kappa shape index (κ3) is 3.70. The van der Waals surface area contributed by atoms with Crippen molar-refractivity contribution in [3.8, 4) is 0 Å². The number of piperidine rings is 1. The molecule has 3 unspecified atom stereocenters. The van der Waals surface area contributed by atoms with Gasteiger partial charge in [-0.1, -0.05) is 6.92 Å². The lowest BCUT2D eigenvalue weighted by Crippen LogP contribution is -2.51. The molecule has 2 N–H and O–H groups in total. The molecule has 0 radical (unpaired) electrons. The Morgan fingerprint density at radius 1 is 1.55 bits per heavy atom. The standard InChI is InChI=1S/C14H25N3O3/c1-10-3-4-15-8-12(10)16-14(19)11-7-13(18)17(9-11)5-6-20-2/h10-12,15H,3-9H2,1-2H3,(H,16,19). The van der Waals surface area contributed by atoms with Gasteiger partial charge in [-0.2, -0.15) is 0 Å². The zero-order valence-electron chi connectivity index (χ0n) is 12.4. The van der Waals surface area contributed by atoms with Crippen LogP contribution in [0.1, 0.15) is 19.8 Å². The third-order valence-corrected chi connectivity index (χ3v) is 4.31. The molecule has 2 heterocycles. The smallest absolute Gasteiger partial charge is 0.225 e. The summed E-state index contributed by atoms with van der Waals surface area (Å²) >= 11 is 0. The van der Waals surface area contributed by atoms with Crippen LogP contribution >= 0.6 is 0 Å². The van der Waals surface area contributed by atoms with Crippen LogP contribution in [0.25, 0.3) is 0 Å². The minimum Gasteiger partial charge on any atom is -0.383 e. The molecule has 2 rings (SSSR count). The second-order valence-electron chi connectivity index (χ2n) is 5.82. The van der Waals surface area contributed by atoms with E-state index in [1.54, 1.807) is 12.0 Å². The Labute approximate surface area is 120 Å². The Kier molecular flexibility index (Phi) is 5.37. The lowest BCUT2D eigenvalue weighted by atomic mass is 9.94. The Hall–Kier alpha value is -1.14. The van der Waals surface area contributed by atoms with Crippen LogP contribution in [0, 0.1) is 11.8 Å². The number of nitrogens with zero attached hydrogens (tertiary/aromatic N) is 1. The van der Waals surface area contributed by atoms with E-state index in [4.69, 9.17) is 4.74 Å². The van der Waals surface area contributed by atoms with Crippen molar-refractivity contribution in [1.29, 1.82) is 0 Å². The second kappa shape index (κ2) is 7.04. The van der Waals surface area contributed by atoms with Gasteiger partial charge in [-0.05, 0) is 18.9 Å². The van der Waals surface area contributed by atoms with E-state index in [0.29, 0.717) is 32.0 Å². The van der Waals surface area contributed by atoms with E-state index in [2.05, 4.69) is 17.6 Å². The SMILES string of the molecule is COCCN1CC(C(=O)NC2CNCCC2C)CC1=O. The fourth-order valence-corrected chi connectivity index (χ4v) is 2.85. The molecule has 114 valence electrons. The van der Waals surface area contributed by atoms with Crippen molar-refractivity contribution >= 4 is 11.8 Å². The summed E-state index contributed by atoms with van der Waals surface area (Å²) in [5.74, 6) is 0.339. The Balaban J connectivity index is 1.82. The number of ether oxygens (including phenoxy) is 1. The van der Waals surface area contributed by atoms with E-state index >= 15 is 0 Å². The maximum atomic E-state index is 12.3. The zero-order valence-corrected chi connectivity index (χ0v) is 12.4. The van der Waals surface area contributed by atoms with Crippen LogP contribution in [0.3, 0.4) is 0 Å². The Morgan fingerprint density at radius 2 is 2.35 bits per heavy atom. The lowest BCUT2D eigenvalue weighted by Gasteiger charge is -2.31. The topological polar surface area (TPSA) is 70.7 Å². The van der Waals surface area contributed by atoms with Crippen LogP contribution in [-0.2, 0) is 14.3 Å². The van der Waals surface area contributed by atoms with Gasteiger partial charge in [0.05, 0.1) is 12.5 Å². The predicted octanol–water partition coefficient (Wildman–Crippen LogP) is -0.404. The second-order valence-corrected chi connectivity index (χ2v) is 5.82. The molecule has 6 heteroatoms. The highest BCUT2D eigenvalue weighted by molar-refractivity contribution is 5.89. The van der Waals surface area contributed by atoms with E-state index in [1.807, 2.05) is 0 Å². The van der Waals surface area contributed by atoms with Crippen LogP contribution in [0.2, 0.25) is 0 Å². The van der Waals surface area contributed by atoms with Gasteiger partial charge < -0.3 is 20.3 Å². The van der Waals surface area contributed by atoms with Crippen molar-refractivity contribution < 1.29 is 14.3 Å². The first-order valence-corrected chi connectivity index (χ1v) is 7.39. The predicted molar refractivity (Wildman–Crippen MR) is 75.1 cm³/mol. The van der Waals surface area contributed by atoms with Gasteiger partial charge in [-0.3, -0.25) is 9.59 Å². The van der Waals surface area contributed by atoms with E-state index in [-0.39, 0.29) is 23.8 Å². The molecule has 2 amide bonds. The molecule has 0 bridgehead atoms. The van der Waals surface area contributed by atoms with Gasteiger partial charge in [0, 0.05) is 39.2 Å². The van der Waals surface area contributed by atoms with Crippen molar-refractivity contribution in [3.63, 3.8) is 0 Å². The molecule has 0 aliphatic carbocycles. The summed E-state index contributed by atoms with van der Waals surface area (Å²) in [6, 6.07) is 0.180. The number of amides is 2. The lowest BCUT2D eigenvalue weighted by molar-refractivity contribution is -0.129. The number of likely N-dealkylation sites (tertiary alicyclic amines) is 1. The fourth-order valence-electron chi connectivity index (χ4n) is 2.85. The van der Waals surface area contributed by atoms with Crippen molar-refractivity contribution in [2.75, 3.05) is 39.9 Å². The number of methoxy groups -OCH3 is 1. The third-order valence-electron chi connectivity index (χ3n) is 4.31. The van der Waals surface area contributed by atoms with Crippen LogP contribution in [-0.4, -0.2) is 62.7 Å². The molecule has 2 aliphatic rings.